The van der Waals surface area contributed by atoms with Gasteiger partial charge in [0.15, 0.2) is 0 Å². The zero-order chi connectivity index (χ0) is 14.7. The highest BCUT2D eigenvalue weighted by atomic mass is 35.5. The molecule has 0 aliphatic carbocycles. The summed E-state index contributed by atoms with van der Waals surface area (Å²) in [7, 11) is 0. The first kappa shape index (κ1) is 13.8. The number of nitro groups is 1. The Morgan fingerprint density at radius 3 is 2.70 bits per heavy atom. The van der Waals surface area contributed by atoms with Crippen LogP contribution in [0.5, 0.6) is 0 Å². The normalized spacial score (nSPS) is 10.8. The van der Waals surface area contributed by atoms with E-state index in [-0.39, 0.29) is 11.4 Å². The van der Waals surface area contributed by atoms with Crippen molar-refractivity contribution in [2.75, 3.05) is 0 Å². The number of benzene rings is 1. The molecule has 1 aromatic carbocycles. The van der Waals surface area contributed by atoms with E-state index in [0.29, 0.717) is 16.3 Å². The summed E-state index contributed by atoms with van der Waals surface area (Å²) in [5, 5.41) is 21.3. The summed E-state index contributed by atoms with van der Waals surface area (Å²) in [5.41, 5.74) is 0.238. The van der Waals surface area contributed by atoms with Gasteiger partial charge in [-0.3, -0.25) is 10.1 Å². The van der Waals surface area contributed by atoms with Gasteiger partial charge in [0.1, 0.15) is 11.5 Å². The van der Waals surface area contributed by atoms with Crippen molar-refractivity contribution in [3.8, 4) is 11.3 Å². The number of carbonyl (C=O) groups is 1. The van der Waals surface area contributed by atoms with E-state index in [9.17, 15) is 20.0 Å². The molecule has 20 heavy (non-hydrogen) atoms. The fourth-order valence-corrected chi connectivity index (χ4v) is 1.76. The highest BCUT2D eigenvalue weighted by Crippen LogP contribution is 2.32. The Hall–Kier alpha value is -2.60. The monoisotopic (exact) mass is 292 g/mol. The van der Waals surface area contributed by atoms with Crippen LogP contribution in [-0.4, -0.2) is 10.9 Å². The molecule has 102 valence electrons. The Bertz CT molecular complexity index is 705. The van der Waals surface area contributed by atoms with E-state index in [4.69, 9.17) is 16.0 Å². The van der Waals surface area contributed by atoms with Crippen molar-refractivity contribution >= 4 is 29.3 Å². The third-order valence-corrected chi connectivity index (χ3v) is 2.77. The van der Waals surface area contributed by atoms with Crippen LogP contribution in [0.15, 0.2) is 40.8 Å². The highest BCUT2D eigenvalue weighted by Gasteiger charge is 2.13. The predicted molar refractivity (Wildman–Crippen MR) is 69.8 cm³/mol. The summed E-state index contributed by atoms with van der Waals surface area (Å²) in [6, 6.07) is 7.02. The molecule has 6 nitrogen and oxygen atoms in total. The van der Waals surface area contributed by atoms with Gasteiger partial charge in [0, 0.05) is 17.7 Å². The number of rotatable bonds is 4. The summed E-state index contributed by atoms with van der Waals surface area (Å²) >= 11 is 5.97. The van der Waals surface area contributed by atoms with Gasteiger partial charge < -0.3 is 14.3 Å². The number of hydrogen-bond acceptors (Lipinski definition) is 5. The maximum absolute atomic E-state index is 10.7. The number of aliphatic carboxylic acids is 1. The number of non-ortho nitro benzene ring substituents is 1. The second-order valence-electron chi connectivity index (χ2n) is 3.78. The summed E-state index contributed by atoms with van der Waals surface area (Å²) in [6.45, 7) is 0. The van der Waals surface area contributed by atoms with Crippen molar-refractivity contribution in [1.82, 2.24) is 0 Å². The fraction of sp³-hybridized carbons (Fsp3) is 0. The fourth-order valence-electron chi connectivity index (χ4n) is 1.55. The minimum absolute atomic E-state index is 0.118. The topological polar surface area (TPSA) is 96.4 Å². The van der Waals surface area contributed by atoms with Gasteiger partial charge in [0.25, 0.3) is 5.69 Å². The number of nitro benzene ring substituents is 1. The third-order valence-electron chi connectivity index (χ3n) is 2.44. The quantitative estimate of drug-likeness (QED) is 0.489. The molecule has 1 heterocycles. The molecular formula is C13H7ClNO5-. The minimum Gasteiger partial charge on any atom is -0.545 e. The average molecular weight is 293 g/mol. The van der Waals surface area contributed by atoms with Crippen molar-refractivity contribution in [3.05, 3.63) is 57.3 Å². The molecule has 2 rings (SSSR count). The Balaban J connectivity index is 2.39. The predicted octanol–water partition coefficient (Wildman–Crippen LogP) is 2.27. The van der Waals surface area contributed by atoms with Crippen LogP contribution in [0.4, 0.5) is 5.69 Å². The first-order valence-corrected chi connectivity index (χ1v) is 5.78. The van der Waals surface area contributed by atoms with Crippen LogP contribution < -0.4 is 5.11 Å². The number of carboxylic acids is 1. The molecule has 0 saturated carbocycles. The summed E-state index contributed by atoms with van der Waals surface area (Å²) < 4.78 is 5.35. The number of nitrogens with zero attached hydrogens (tertiary/aromatic N) is 1. The number of hydrogen-bond donors (Lipinski definition) is 0. The van der Waals surface area contributed by atoms with Crippen molar-refractivity contribution in [3.63, 3.8) is 0 Å². The van der Waals surface area contributed by atoms with E-state index in [1.807, 2.05) is 0 Å². The van der Waals surface area contributed by atoms with Crippen molar-refractivity contribution in [2.45, 2.75) is 0 Å². The maximum atomic E-state index is 10.7. The molecule has 0 bridgehead atoms. The van der Waals surface area contributed by atoms with E-state index in [2.05, 4.69) is 0 Å². The van der Waals surface area contributed by atoms with Gasteiger partial charge in [0.05, 0.1) is 15.9 Å². The van der Waals surface area contributed by atoms with Crippen LogP contribution in [-0.2, 0) is 4.79 Å². The van der Waals surface area contributed by atoms with Crippen LogP contribution in [0.25, 0.3) is 17.4 Å². The Kier molecular flexibility index (Phi) is 3.86. The van der Waals surface area contributed by atoms with Crippen LogP contribution in [0.2, 0.25) is 5.02 Å². The lowest BCUT2D eigenvalue weighted by molar-refractivity contribution is -0.384. The Morgan fingerprint density at radius 2 is 2.05 bits per heavy atom. The first-order valence-electron chi connectivity index (χ1n) is 5.40. The molecule has 0 saturated heterocycles. The maximum Gasteiger partial charge on any atom is 0.270 e. The molecule has 0 aliphatic rings. The van der Waals surface area contributed by atoms with E-state index >= 15 is 0 Å². The lowest BCUT2D eigenvalue weighted by atomic mass is 10.1. The molecule has 0 unspecified atom stereocenters. The molecule has 0 radical (unpaired) electrons. The highest BCUT2D eigenvalue weighted by molar-refractivity contribution is 6.33. The Labute approximate surface area is 118 Å². The summed E-state index contributed by atoms with van der Waals surface area (Å²) in [5.74, 6) is -0.778. The first-order chi connectivity index (χ1) is 9.47. The number of halogens is 1. The molecule has 2 aromatic rings. The molecule has 0 spiro atoms. The second kappa shape index (κ2) is 5.58. The molecule has 7 heteroatoms. The van der Waals surface area contributed by atoms with Gasteiger partial charge in [-0.2, -0.15) is 0 Å². The van der Waals surface area contributed by atoms with Crippen molar-refractivity contribution < 1.29 is 19.2 Å². The SMILES string of the molecule is O=C([O-])/C=C/c1ccc(-c2cc([N+](=O)[O-])ccc2Cl)o1. The van der Waals surface area contributed by atoms with E-state index in [0.717, 1.165) is 6.08 Å². The Morgan fingerprint density at radius 1 is 1.30 bits per heavy atom. The molecule has 0 amide bonds. The summed E-state index contributed by atoms with van der Waals surface area (Å²) in [4.78, 5) is 20.5. The molecule has 0 fully saturated rings. The van der Waals surface area contributed by atoms with Gasteiger partial charge in [0.2, 0.25) is 0 Å². The van der Waals surface area contributed by atoms with Crippen LogP contribution in [0.1, 0.15) is 5.76 Å². The van der Waals surface area contributed by atoms with E-state index in [1.54, 1.807) is 6.07 Å². The second-order valence-corrected chi connectivity index (χ2v) is 4.18. The molecule has 0 aliphatic heterocycles. The standard InChI is InChI=1S/C13H8ClNO5/c14-11-4-1-8(15(18)19)7-10(11)12-5-2-9(20-12)3-6-13(16)17/h1-7H,(H,16,17)/p-1/b6-3+. The summed E-state index contributed by atoms with van der Waals surface area (Å²) in [6.07, 6.45) is 2.03. The van der Waals surface area contributed by atoms with Gasteiger partial charge in [-0.05, 0) is 30.4 Å². The lowest BCUT2D eigenvalue weighted by Crippen LogP contribution is -2.18. The smallest absolute Gasteiger partial charge is 0.270 e. The van der Waals surface area contributed by atoms with Crippen molar-refractivity contribution in [2.24, 2.45) is 0 Å². The average Bonchev–Trinajstić information content (AvgIpc) is 2.85. The van der Waals surface area contributed by atoms with E-state index < -0.39 is 10.9 Å². The van der Waals surface area contributed by atoms with Crippen LogP contribution >= 0.6 is 11.6 Å². The van der Waals surface area contributed by atoms with Gasteiger partial charge in [-0.15, -0.1) is 0 Å². The molecular weight excluding hydrogens is 286 g/mol. The number of carbonyl (C=O) groups excluding carboxylic acids is 1. The zero-order valence-electron chi connectivity index (χ0n) is 9.91. The van der Waals surface area contributed by atoms with Crippen LogP contribution in [0, 0.1) is 10.1 Å². The molecule has 0 atom stereocenters. The molecule has 0 N–H and O–H groups in total. The number of furan rings is 1. The van der Waals surface area contributed by atoms with Crippen molar-refractivity contribution in [1.29, 1.82) is 0 Å². The lowest BCUT2D eigenvalue weighted by Gasteiger charge is -2.00. The van der Waals surface area contributed by atoms with Gasteiger partial charge in [-0.25, -0.2) is 0 Å². The largest absolute Gasteiger partial charge is 0.545 e. The van der Waals surface area contributed by atoms with E-state index in [1.165, 1.54) is 30.3 Å². The number of carboxylic acid groups (broad SMARTS) is 1. The third kappa shape index (κ3) is 3.04. The van der Waals surface area contributed by atoms with Gasteiger partial charge >= 0.3 is 0 Å². The van der Waals surface area contributed by atoms with Gasteiger partial charge in [-0.1, -0.05) is 11.6 Å². The minimum atomic E-state index is -1.35. The zero-order valence-corrected chi connectivity index (χ0v) is 10.7. The molecule has 1 aromatic heterocycles. The van der Waals surface area contributed by atoms with Crippen LogP contribution in [0.3, 0.4) is 0 Å².